The van der Waals surface area contributed by atoms with E-state index < -0.39 is 16.1 Å². The van der Waals surface area contributed by atoms with Gasteiger partial charge in [-0.05, 0) is 25.1 Å². The van der Waals surface area contributed by atoms with E-state index >= 15 is 0 Å². The molecule has 0 unspecified atom stereocenters. The highest BCUT2D eigenvalue weighted by atomic mass is 35.5. The first kappa shape index (κ1) is 13.8. The monoisotopic (exact) mass is 277 g/mol. The third kappa shape index (κ3) is 3.10. The van der Waals surface area contributed by atoms with Crippen molar-refractivity contribution < 1.29 is 17.9 Å². The van der Waals surface area contributed by atoms with E-state index in [1.165, 1.54) is 18.2 Å². The average molecular weight is 278 g/mol. The smallest absolute Gasteiger partial charge is 0.423 e. The Bertz CT molecular complexity index is 515. The van der Waals surface area contributed by atoms with Crippen LogP contribution in [-0.4, -0.2) is 32.5 Å². The number of carbonyl (C=O) groups is 1. The number of benzene rings is 1. The lowest BCUT2D eigenvalue weighted by molar-refractivity contribution is 0.136. The van der Waals surface area contributed by atoms with Crippen LogP contribution in [0.4, 0.5) is 4.79 Å². The molecule has 0 radical (unpaired) electrons. The number of hydrogen-bond acceptors (Lipinski definition) is 4. The normalized spacial score (nSPS) is 11.0. The molecule has 0 saturated carbocycles. The molecular formula is C10H12ClNO4S. The van der Waals surface area contributed by atoms with Gasteiger partial charge < -0.3 is 4.74 Å². The number of halogens is 1. The van der Waals surface area contributed by atoms with Crippen LogP contribution in [0.15, 0.2) is 29.2 Å². The molecular weight excluding hydrogens is 266 g/mol. The molecule has 7 heteroatoms. The highest BCUT2D eigenvalue weighted by Gasteiger charge is 2.26. The fourth-order valence-electron chi connectivity index (χ4n) is 1.10. The maximum Gasteiger partial charge on any atom is 0.423 e. The number of nitrogens with zero attached hydrogens (tertiary/aromatic N) is 1. The zero-order valence-electron chi connectivity index (χ0n) is 9.38. The molecule has 0 fully saturated rings. The van der Waals surface area contributed by atoms with Gasteiger partial charge in [0.1, 0.15) is 0 Å². The molecule has 17 heavy (non-hydrogen) atoms. The van der Waals surface area contributed by atoms with Gasteiger partial charge >= 0.3 is 6.09 Å². The van der Waals surface area contributed by atoms with Gasteiger partial charge in [0, 0.05) is 12.1 Å². The summed E-state index contributed by atoms with van der Waals surface area (Å²) in [6.45, 7) is 1.70. The van der Waals surface area contributed by atoms with Crippen LogP contribution in [0.5, 0.6) is 0 Å². The molecule has 0 N–H and O–H groups in total. The van der Waals surface area contributed by atoms with Gasteiger partial charge in [-0.3, -0.25) is 0 Å². The van der Waals surface area contributed by atoms with Crippen molar-refractivity contribution in [3.8, 4) is 0 Å². The zero-order chi connectivity index (χ0) is 13.1. The minimum Gasteiger partial charge on any atom is -0.449 e. The molecule has 0 aliphatic rings. The van der Waals surface area contributed by atoms with Gasteiger partial charge in [-0.2, -0.15) is 0 Å². The summed E-state index contributed by atoms with van der Waals surface area (Å²) in [6.07, 6.45) is -0.924. The second-order valence-corrected chi connectivity index (χ2v) is 5.53. The molecule has 1 aromatic rings. The summed E-state index contributed by atoms with van der Waals surface area (Å²) in [4.78, 5) is 11.3. The van der Waals surface area contributed by atoms with Crippen molar-refractivity contribution in [2.24, 2.45) is 0 Å². The third-order valence-corrected chi connectivity index (χ3v) is 3.93. The van der Waals surface area contributed by atoms with Crippen molar-refractivity contribution in [1.29, 1.82) is 0 Å². The molecule has 0 saturated heterocycles. The summed E-state index contributed by atoms with van der Waals surface area (Å²) in [5.41, 5.74) is 0. The maximum absolute atomic E-state index is 12.0. The lowest BCUT2D eigenvalue weighted by Crippen LogP contribution is -2.33. The zero-order valence-corrected chi connectivity index (χ0v) is 11.0. The van der Waals surface area contributed by atoms with Crippen molar-refractivity contribution >= 4 is 27.7 Å². The van der Waals surface area contributed by atoms with Crippen LogP contribution in [0, 0.1) is 0 Å². The molecule has 0 atom stereocenters. The third-order valence-electron chi connectivity index (χ3n) is 1.98. The topological polar surface area (TPSA) is 63.7 Å². The first-order chi connectivity index (χ1) is 7.89. The maximum atomic E-state index is 12.0. The lowest BCUT2D eigenvalue weighted by atomic mass is 10.4. The standard InChI is InChI=1S/C10H12ClNO4S/c1-3-16-10(13)12(2)17(14,15)9-6-4-5-8(11)7-9/h4-7H,3H2,1-2H3. The van der Waals surface area contributed by atoms with Gasteiger partial charge in [0.25, 0.3) is 10.0 Å². The highest BCUT2D eigenvalue weighted by Crippen LogP contribution is 2.19. The van der Waals surface area contributed by atoms with E-state index in [4.69, 9.17) is 11.6 Å². The predicted octanol–water partition coefficient (Wildman–Crippen LogP) is 2.12. The summed E-state index contributed by atoms with van der Waals surface area (Å²) in [6, 6.07) is 5.67. The Balaban J connectivity index is 3.07. The molecule has 0 heterocycles. The summed E-state index contributed by atoms with van der Waals surface area (Å²) < 4.78 is 29.1. The van der Waals surface area contributed by atoms with Gasteiger partial charge in [-0.1, -0.05) is 17.7 Å². The molecule has 1 rings (SSSR count). The van der Waals surface area contributed by atoms with E-state index in [1.807, 2.05) is 0 Å². The van der Waals surface area contributed by atoms with Crippen LogP contribution in [0.2, 0.25) is 5.02 Å². The van der Waals surface area contributed by atoms with Gasteiger partial charge in [0.15, 0.2) is 0 Å². The quantitative estimate of drug-likeness (QED) is 0.849. The van der Waals surface area contributed by atoms with Crippen LogP contribution >= 0.6 is 11.6 Å². The Morgan fingerprint density at radius 2 is 2.12 bits per heavy atom. The molecule has 0 aliphatic heterocycles. The minimum atomic E-state index is -3.91. The van der Waals surface area contributed by atoms with Gasteiger partial charge in [0.2, 0.25) is 0 Å². The molecule has 1 amide bonds. The van der Waals surface area contributed by atoms with Crippen LogP contribution in [0.1, 0.15) is 6.92 Å². The van der Waals surface area contributed by atoms with E-state index in [-0.39, 0.29) is 16.5 Å². The number of hydrogen-bond donors (Lipinski definition) is 0. The first-order valence-electron chi connectivity index (χ1n) is 4.81. The number of ether oxygens (including phenoxy) is 1. The predicted molar refractivity (Wildman–Crippen MR) is 63.4 cm³/mol. The SMILES string of the molecule is CCOC(=O)N(C)S(=O)(=O)c1cccc(Cl)c1. The van der Waals surface area contributed by atoms with E-state index in [9.17, 15) is 13.2 Å². The summed E-state index contributed by atoms with van der Waals surface area (Å²) in [5, 5.41) is 0.281. The summed E-state index contributed by atoms with van der Waals surface area (Å²) in [5.74, 6) is 0. The van der Waals surface area contributed by atoms with Crippen molar-refractivity contribution in [2.45, 2.75) is 11.8 Å². The fourth-order valence-corrected chi connectivity index (χ4v) is 2.44. The van der Waals surface area contributed by atoms with Crippen molar-refractivity contribution in [2.75, 3.05) is 13.7 Å². The average Bonchev–Trinajstić information content (AvgIpc) is 2.28. The van der Waals surface area contributed by atoms with Crippen molar-refractivity contribution in [1.82, 2.24) is 4.31 Å². The van der Waals surface area contributed by atoms with Gasteiger partial charge in [0.05, 0.1) is 11.5 Å². The number of rotatable bonds is 3. The minimum absolute atomic E-state index is 0.0550. The lowest BCUT2D eigenvalue weighted by Gasteiger charge is -2.16. The second kappa shape index (κ2) is 5.37. The van der Waals surface area contributed by atoms with Crippen molar-refractivity contribution in [3.63, 3.8) is 0 Å². The van der Waals surface area contributed by atoms with E-state index in [1.54, 1.807) is 13.0 Å². The van der Waals surface area contributed by atoms with Crippen LogP contribution in [0.25, 0.3) is 0 Å². The first-order valence-corrected chi connectivity index (χ1v) is 6.62. The molecule has 1 aromatic carbocycles. The van der Waals surface area contributed by atoms with Crippen LogP contribution in [0.3, 0.4) is 0 Å². The van der Waals surface area contributed by atoms with E-state index in [0.717, 1.165) is 7.05 Å². The fraction of sp³-hybridized carbons (Fsp3) is 0.300. The Hall–Kier alpha value is -1.27. The Morgan fingerprint density at radius 1 is 1.47 bits per heavy atom. The molecule has 5 nitrogen and oxygen atoms in total. The number of amides is 1. The van der Waals surface area contributed by atoms with Crippen molar-refractivity contribution in [3.05, 3.63) is 29.3 Å². The van der Waals surface area contributed by atoms with Gasteiger partial charge in [-0.25, -0.2) is 17.5 Å². The summed E-state index contributed by atoms with van der Waals surface area (Å²) >= 11 is 5.70. The van der Waals surface area contributed by atoms with Gasteiger partial charge in [-0.15, -0.1) is 0 Å². The second-order valence-electron chi connectivity index (χ2n) is 3.13. The Labute approximate surface area is 105 Å². The molecule has 0 bridgehead atoms. The Kier molecular flexibility index (Phi) is 4.36. The molecule has 0 aliphatic carbocycles. The Morgan fingerprint density at radius 3 is 2.65 bits per heavy atom. The van der Waals surface area contributed by atoms with Crippen LogP contribution < -0.4 is 0 Å². The molecule has 0 spiro atoms. The van der Waals surface area contributed by atoms with E-state index in [2.05, 4.69) is 4.74 Å². The van der Waals surface area contributed by atoms with Crippen LogP contribution in [-0.2, 0) is 14.8 Å². The summed E-state index contributed by atoms with van der Waals surface area (Å²) in [7, 11) is -2.78. The molecule has 94 valence electrons. The molecule has 0 aromatic heterocycles. The number of carbonyl (C=O) groups excluding carboxylic acids is 1. The largest absolute Gasteiger partial charge is 0.449 e. The highest BCUT2D eigenvalue weighted by molar-refractivity contribution is 7.89. The van der Waals surface area contributed by atoms with E-state index in [0.29, 0.717) is 4.31 Å². The number of sulfonamides is 1.